The lowest BCUT2D eigenvalue weighted by molar-refractivity contribution is 0.0988. The Morgan fingerprint density at radius 3 is 2.87 bits per heavy atom. The van der Waals surface area contributed by atoms with Gasteiger partial charge in [0.1, 0.15) is 10.7 Å². The highest BCUT2D eigenvalue weighted by atomic mass is 32.1. The molecule has 0 saturated heterocycles. The average Bonchev–Trinajstić information content (AvgIpc) is 2.71. The summed E-state index contributed by atoms with van der Waals surface area (Å²) in [7, 11) is 0. The summed E-state index contributed by atoms with van der Waals surface area (Å²) in [5.74, 6) is -0.0371. The van der Waals surface area contributed by atoms with E-state index in [1.807, 2.05) is 5.38 Å². The molecule has 2 aromatic heterocycles. The van der Waals surface area contributed by atoms with Gasteiger partial charge in [-0.25, -0.2) is 4.98 Å². The minimum Gasteiger partial charge on any atom is -0.397 e. The van der Waals surface area contributed by atoms with E-state index in [4.69, 9.17) is 5.73 Å². The molecule has 0 spiro atoms. The van der Waals surface area contributed by atoms with E-state index in [0.29, 0.717) is 17.8 Å². The van der Waals surface area contributed by atoms with Crippen LogP contribution in [0.5, 0.6) is 0 Å². The van der Waals surface area contributed by atoms with Crippen LogP contribution in [0.2, 0.25) is 0 Å². The highest BCUT2D eigenvalue weighted by molar-refractivity contribution is 7.09. The van der Waals surface area contributed by atoms with Crippen molar-refractivity contribution in [1.29, 1.82) is 0 Å². The van der Waals surface area contributed by atoms with Gasteiger partial charge in [0, 0.05) is 11.6 Å². The number of ketones is 1. The molecule has 76 valence electrons. The van der Waals surface area contributed by atoms with Crippen LogP contribution in [0.15, 0.2) is 29.9 Å². The first-order valence-corrected chi connectivity index (χ1v) is 5.27. The highest BCUT2D eigenvalue weighted by Crippen LogP contribution is 2.09. The zero-order valence-corrected chi connectivity index (χ0v) is 8.70. The molecule has 0 aliphatic heterocycles. The number of Topliss-reactive ketones (excluding diaryl/α,β-unsaturated/α-hetero) is 1. The Morgan fingerprint density at radius 2 is 2.27 bits per heavy atom. The summed E-state index contributed by atoms with van der Waals surface area (Å²) in [6, 6.07) is 3.30. The van der Waals surface area contributed by atoms with E-state index in [-0.39, 0.29) is 5.78 Å². The summed E-state index contributed by atoms with van der Waals surface area (Å²) in [6.45, 7) is 0. The van der Waals surface area contributed by atoms with Crippen LogP contribution in [0.25, 0.3) is 0 Å². The standard InChI is InChI=1S/C10H9N3OS/c11-7-1-2-8(13-6-7)9(14)5-10-12-3-4-15-10/h1-4,6H,5,11H2. The molecule has 5 heteroatoms. The predicted molar refractivity (Wildman–Crippen MR) is 58.8 cm³/mol. The Labute approximate surface area is 90.8 Å². The van der Waals surface area contributed by atoms with Crippen molar-refractivity contribution in [3.05, 3.63) is 40.6 Å². The van der Waals surface area contributed by atoms with Gasteiger partial charge in [-0.15, -0.1) is 11.3 Å². The SMILES string of the molecule is Nc1ccc(C(=O)Cc2nccs2)nc1. The van der Waals surface area contributed by atoms with Crippen molar-refractivity contribution in [2.45, 2.75) is 6.42 Å². The molecular weight excluding hydrogens is 210 g/mol. The fraction of sp³-hybridized carbons (Fsp3) is 0.100. The topological polar surface area (TPSA) is 68.9 Å². The van der Waals surface area contributed by atoms with E-state index >= 15 is 0 Å². The fourth-order valence-electron chi connectivity index (χ4n) is 1.14. The molecule has 15 heavy (non-hydrogen) atoms. The number of aromatic nitrogens is 2. The Morgan fingerprint density at radius 1 is 1.40 bits per heavy atom. The van der Waals surface area contributed by atoms with Crippen molar-refractivity contribution in [2.75, 3.05) is 5.73 Å². The monoisotopic (exact) mass is 219 g/mol. The first-order chi connectivity index (χ1) is 7.25. The van der Waals surface area contributed by atoms with Crippen LogP contribution >= 0.6 is 11.3 Å². The van der Waals surface area contributed by atoms with Crippen LogP contribution in [0.3, 0.4) is 0 Å². The van der Waals surface area contributed by atoms with E-state index < -0.39 is 0 Å². The maximum absolute atomic E-state index is 11.7. The molecule has 0 bridgehead atoms. The lowest BCUT2D eigenvalue weighted by Gasteiger charge is -1.98. The Hall–Kier alpha value is -1.75. The first kappa shape index (κ1) is 9.79. The number of carbonyl (C=O) groups excluding carboxylic acids is 1. The van der Waals surface area contributed by atoms with Gasteiger partial charge >= 0.3 is 0 Å². The Kier molecular flexibility index (Phi) is 2.73. The predicted octanol–water partition coefficient (Wildman–Crippen LogP) is 1.55. The summed E-state index contributed by atoms with van der Waals surface area (Å²) in [6.07, 6.45) is 3.47. The van der Waals surface area contributed by atoms with Crippen LogP contribution in [0.4, 0.5) is 5.69 Å². The van der Waals surface area contributed by atoms with Gasteiger partial charge in [0.25, 0.3) is 0 Å². The van der Waals surface area contributed by atoms with Gasteiger partial charge in [-0.1, -0.05) is 0 Å². The largest absolute Gasteiger partial charge is 0.397 e. The third-order valence-electron chi connectivity index (χ3n) is 1.87. The molecule has 2 N–H and O–H groups in total. The average molecular weight is 219 g/mol. The second-order valence-corrected chi connectivity index (χ2v) is 3.98. The molecule has 0 saturated carbocycles. The third kappa shape index (κ3) is 2.38. The highest BCUT2D eigenvalue weighted by Gasteiger charge is 2.09. The number of pyridine rings is 1. The molecule has 0 atom stereocenters. The van der Waals surface area contributed by atoms with Crippen LogP contribution in [0.1, 0.15) is 15.5 Å². The van der Waals surface area contributed by atoms with Crippen LogP contribution < -0.4 is 5.73 Å². The molecule has 0 aliphatic rings. The maximum atomic E-state index is 11.7. The van der Waals surface area contributed by atoms with E-state index in [9.17, 15) is 4.79 Å². The molecule has 0 aliphatic carbocycles. The molecular formula is C10H9N3OS. The minimum atomic E-state index is -0.0371. The number of rotatable bonds is 3. The molecule has 0 unspecified atom stereocenters. The van der Waals surface area contributed by atoms with Gasteiger partial charge in [0.15, 0.2) is 5.78 Å². The second-order valence-electron chi connectivity index (χ2n) is 3.00. The number of anilines is 1. The minimum absolute atomic E-state index is 0.0371. The van der Waals surface area contributed by atoms with Gasteiger partial charge in [0.2, 0.25) is 0 Å². The molecule has 0 fully saturated rings. The molecule has 4 nitrogen and oxygen atoms in total. The zero-order valence-electron chi connectivity index (χ0n) is 7.88. The Bertz CT molecular complexity index is 450. The van der Waals surface area contributed by atoms with Gasteiger partial charge in [-0.05, 0) is 12.1 Å². The first-order valence-electron chi connectivity index (χ1n) is 4.39. The third-order valence-corrected chi connectivity index (χ3v) is 2.65. The number of thiazole rings is 1. The maximum Gasteiger partial charge on any atom is 0.187 e. The van der Waals surface area contributed by atoms with Crippen molar-refractivity contribution in [2.24, 2.45) is 0 Å². The number of nitrogen functional groups attached to an aromatic ring is 1. The number of nitrogens with two attached hydrogens (primary N) is 1. The second kappa shape index (κ2) is 4.18. The quantitative estimate of drug-likeness (QED) is 0.795. The molecule has 0 radical (unpaired) electrons. The molecule has 2 aromatic rings. The number of nitrogens with zero attached hydrogens (tertiary/aromatic N) is 2. The summed E-state index contributed by atoms with van der Waals surface area (Å²) in [5.41, 5.74) is 6.47. The van der Waals surface area contributed by atoms with Crippen LogP contribution in [0, 0.1) is 0 Å². The van der Waals surface area contributed by atoms with E-state index in [1.165, 1.54) is 17.5 Å². The summed E-state index contributed by atoms with van der Waals surface area (Å²) in [5, 5.41) is 2.65. The number of hydrogen-bond donors (Lipinski definition) is 1. The van der Waals surface area contributed by atoms with Crippen LogP contribution in [-0.4, -0.2) is 15.8 Å². The Balaban J connectivity index is 2.11. The summed E-state index contributed by atoms with van der Waals surface area (Å²) < 4.78 is 0. The van der Waals surface area contributed by atoms with Gasteiger partial charge in [0.05, 0.1) is 18.3 Å². The molecule has 2 rings (SSSR count). The van der Waals surface area contributed by atoms with E-state index in [0.717, 1.165) is 5.01 Å². The van der Waals surface area contributed by atoms with Gasteiger partial charge in [-0.3, -0.25) is 9.78 Å². The normalized spacial score (nSPS) is 10.1. The zero-order chi connectivity index (χ0) is 10.7. The molecule has 0 aromatic carbocycles. The summed E-state index contributed by atoms with van der Waals surface area (Å²) in [4.78, 5) is 19.7. The van der Waals surface area contributed by atoms with Crippen molar-refractivity contribution >= 4 is 22.8 Å². The van der Waals surface area contributed by atoms with Crippen molar-refractivity contribution in [1.82, 2.24) is 9.97 Å². The van der Waals surface area contributed by atoms with Crippen LogP contribution in [-0.2, 0) is 6.42 Å². The van der Waals surface area contributed by atoms with Crippen molar-refractivity contribution < 1.29 is 4.79 Å². The smallest absolute Gasteiger partial charge is 0.187 e. The van der Waals surface area contributed by atoms with Crippen molar-refractivity contribution in [3.8, 4) is 0 Å². The summed E-state index contributed by atoms with van der Waals surface area (Å²) >= 11 is 1.46. The van der Waals surface area contributed by atoms with Gasteiger partial charge < -0.3 is 5.73 Å². The molecule has 0 amide bonds. The lowest BCUT2D eigenvalue weighted by atomic mass is 10.2. The fourth-order valence-corrected chi connectivity index (χ4v) is 1.75. The van der Waals surface area contributed by atoms with E-state index in [2.05, 4.69) is 9.97 Å². The number of carbonyl (C=O) groups is 1. The van der Waals surface area contributed by atoms with Crippen molar-refractivity contribution in [3.63, 3.8) is 0 Å². The molecule has 2 heterocycles. The lowest BCUT2D eigenvalue weighted by Crippen LogP contribution is -2.05. The van der Waals surface area contributed by atoms with E-state index in [1.54, 1.807) is 18.3 Å². The van der Waals surface area contributed by atoms with Gasteiger partial charge in [-0.2, -0.15) is 0 Å². The number of hydrogen-bond acceptors (Lipinski definition) is 5.